The van der Waals surface area contributed by atoms with Crippen molar-refractivity contribution in [2.45, 2.75) is 12.8 Å². The molecule has 0 aliphatic rings. The number of amides is 1. The number of carbonyl (C=O) groups excluding carboxylic acids is 1. The Labute approximate surface area is 164 Å². The molecule has 0 saturated carbocycles. The fourth-order valence-corrected chi connectivity index (χ4v) is 3.80. The number of nitrogens with one attached hydrogen (secondary N) is 3. The van der Waals surface area contributed by atoms with Crippen LogP contribution >= 0.6 is 0 Å². The molecular weight excluding hydrogens is 376 g/mol. The number of benzene rings is 2. The number of H-pyrrole nitrogens is 1. The van der Waals surface area contributed by atoms with Gasteiger partial charge in [0.1, 0.15) is 0 Å². The van der Waals surface area contributed by atoms with Gasteiger partial charge in [0.2, 0.25) is 10.0 Å². The third-order valence-electron chi connectivity index (χ3n) is 4.17. The number of nitrogens with zero attached hydrogens (tertiary/aromatic N) is 1. The van der Waals surface area contributed by atoms with Gasteiger partial charge >= 0.3 is 0 Å². The fraction of sp³-hybridized carbons (Fsp3) is 0.200. The van der Waals surface area contributed by atoms with Crippen LogP contribution < -0.4 is 10.0 Å². The molecule has 0 radical (unpaired) electrons. The molecule has 3 rings (SSSR count). The molecule has 0 saturated heterocycles. The largest absolute Gasteiger partial charge is 0.350 e. The molecule has 1 heterocycles. The van der Waals surface area contributed by atoms with Crippen molar-refractivity contribution < 1.29 is 13.2 Å². The lowest BCUT2D eigenvalue weighted by molar-refractivity contribution is 0.0950. The van der Waals surface area contributed by atoms with Gasteiger partial charge in [-0.15, -0.1) is 0 Å². The number of aromatic amines is 1. The number of aryl methyl sites for hydroxylation is 1. The van der Waals surface area contributed by atoms with Crippen LogP contribution in [-0.2, 0) is 22.9 Å². The van der Waals surface area contributed by atoms with E-state index in [1.165, 1.54) is 6.20 Å². The second-order valence-corrected chi connectivity index (χ2v) is 8.14. The molecule has 0 atom stereocenters. The molecule has 28 heavy (non-hydrogen) atoms. The lowest BCUT2D eigenvalue weighted by atomic mass is 10.1. The maximum absolute atomic E-state index is 12.4. The zero-order chi connectivity index (χ0) is 19.8. The van der Waals surface area contributed by atoms with Crippen molar-refractivity contribution in [1.82, 2.24) is 15.5 Å². The summed E-state index contributed by atoms with van der Waals surface area (Å²) in [5.74, 6) is -0.519. The molecule has 3 aromatic rings. The molecule has 2 aromatic carbocycles. The van der Waals surface area contributed by atoms with Crippen molar-refractivity contribution in [3.05, 3.63) is 83.7 Å². The average molecular weight is 398 g/mol. The summed E-state index contributed by atoms with van der Waals surface area (Å²) in [5.41, 5.74) is 2.20. The van der Waals surface area contributed by atoms with Crippen molar-refractivity contribution in [1.29, 1.82) is 0 Å². The summed E-state index contributed by atoms with van der Waals surface area (Å²) in [4.78, 5) is 12.4. The molecule has 8 heteroatoms. The van der Waals surface area contributed by atoms with Crippen molar-refractivity contribution in [2.75, 3.05) is 17.0 Å². The first kappa shape index (κ1) is 19.6. The third-order valence-corrected chi connectivity index (χ3v) is 5.44. The van der Waals surface area contributed by atoms with Crippen LogP contribution in [0.4, 0.5) is 5.69 Å². The molecule has 0 aliphatic heterocycles. The zero-order valence-electron chi connectivity index (χ0n) is 15.3. The molecule has 0 fully saturated rings. The number of carbonyl (C=O) groups is 1. The van der Waals surface area contributed by atoms with Crippen molar-refractivity contribution in [3.8, 4) is 0 Å². The zero-order valence-corrected chi connectivity index (χ0v) is 16.1. The van der Waals surface area contributed by atoms with Crippen molar-refractivity contribution in [3.63, 3.8) is 0 Å². The van der Waals surface area contributed by atoms with Crippen LogP contribution in [0.2, 0.25) is 0 Å². The Morgan fingerprint density at radius 3 is 2.18 bits per heavy atom. The Morgan fingerprint density at radius 2 is 1.54 bits per heavy atom. The van der Waals surface area contributed by atoms with E-state index in [0.29, 0.717) is 19.4 Å². The molecule has 0 bridgehead atoms. The number of anilines is 1. The second-order valence-electron chi connectivity index (χ2n) is 6.30. The topological polar surface area (TPSA) is 104 Å². The molecule has 3 N–H and O–H groups in total. The molecule has 0 unspecified atom stereocenters. The molecule has 1 amide bonds. The van der Waals surface area contributed by atoms with E-state index in [1.54, 1.807) is 0 Å². The smallest absolute Gasteiger partial charge is 0.273 e. The molecule has 0 aliphatic carbocycles. The van der Waals surface area contributed by atoms with Crippen LogP contribution in [0, 0.1) is 0 Å². The van der Waals surface area contributed by atoms with E-state index in [-0.39, 0.29) is 17.1 Å². The maximum atomic E-state index is 12.4. The summed E-state index contributed by atoms with van der Waals surface area (Å²) in [6, 6.07) is 19.1. The number of sulfonamides is 1. The van der Waals surface area contributed by atoms with E-state index in [1.807, 2.05) is 60.7 Å². The van der Waals surface area contributed by atoms with Gasteiger partial charge in [-0.2, -0.15) is 5.10 Å². The molecule has 0 spiro atoms. The lowest BCUT2D eigenvalue weighted by Crippen LogP contribution is -2.27. The van der Waals surface area contributed by atoms with E-state index in [9.17, 15) is 13.2 Å². The first-order valence-electron chi connectivity index (χ1n) is 8.94. The van der Waals surface area contributed by atoms with E-state index in [4.69, 9.17) is 0 Å². The summed E-state index contributed by atoms with van der Waals surface area (Å²) < 4.78 is 27.2. The summed E-state index contributed by atoms with van der Waals surface area (Å²) in [7, 11) is -3.61. The van der Waals surface area contributed by atoms with Crippen LogP contribution in [0.25, 0.3) is 0 Å². The van der Waals surface area contributed by atoms with Crippen LogP contribution in [0.1, 0.15) is 21.6 Å². The highest BCUT2D eigenvalue weighted by Gasteiger charge is 2.19. The fourth-order valence-electron chi connectivity index (χ4n) is 2.71. The highest BCUT2D eigenvalue weighted by Crippen LogP contribution is 2.14. The Kier molecular flexibility index (Phi) is 6.44. The molecular formula is C20H22N4O3S. The van der Waals surface area contributed by atoms with Gasteiger partial charge in [0.05, 0.1) is 11.4 Å². The molecule has 146 valence electrons. The van der Waals surface area contributed by atoms with E-state index in [0.717, 1.165) is 11.1 Å². The summed E-state index contributed by atoms with van der Waals surface area (Å²) in [5, 5.41) is 9.19. The van der Waals surface area contributed by atoms with Gasteiger partial charge in [-0.25, -0.2) is 8.42 Å². The predicted molar refractivity (Wildman–Crippen MR) is 109 cm³/mol. The molecule has 1 aromatic heterocycles. The quantitative estimate of drug-likeness (QED) is 0.515. The first-order valence-corrected chi connectivity index (χ1v) is 10.6. The van der Waals surface area contributed by atoms with Crippen LogP contribution in [0.3, 0.4) is 0 Å². The summed E-state index contributed by atoms with van der Waals surface area (Å²) >= 11 is 0. The SMILES string of the molecule is O=C(NCCc1ccccc1)c1n[nH]cc1NS(=O)(=O)CCc1ccccc1. The van der Waals surface area contributed by atoms with Gasteiger partial charge in [0.25, 0.3) is 5.91 Å². The van der Waals surface area contributed by atoms with E-state index >= 15 is 0 Å². The highest BCUT2D eigenvalue weighted by molar-refractivity contribution is 7.92. The van der Waals surface area contributed by atoms with Crippen molar-refractivity contribution >= 4 is 21.6 Å². The van der Waals surface area contributed by atoms with Gasteiger partial charge in [-0.1, -0.05) is 60.7 Å². The highest BCUT2D eigenvalue weighted by atomic mass is 32.2. The Bertz CT molecular complexity index is 1000. The van der Waals surface area contributed by atoms with Gasteiger partial charge in [-0.3, -0.25) is 14.6 Å². The Balaban J connectivity index is 1.55. The van der Waals surface area contributed by atoms with Gasteiger partial charge in [-0.05, 0) is 24.0 Å². The van der Waals surface area contributed by atoms with Gasteiger partial charge in [0.15, 0.2) is 5.69 Å². The average Bonchev–Trinajstić information content (AvgIpc) is 3.15. The normalized spacial score (nSPS) is 11.1. The van der Waals surface area contributed by atoms with Gasteiger partial charge in [0, 0.05) is 12.7 Å². The van der Waals surface area contributed by atoms with E-state index in [2.05, 4.69) is 20.2 Å². The number of hydrogen-bond donors (Lipinski definition) is 3. The minimum absolute atomic E-state index is 0.0244. The number of aromatic nitrogens is 2. The number of hydrogen-bond acceptors (Lipinski definition) is 4. The van der Waals surface area contributed by atoms with Crippen LogP contribution in [0.15, 0.2) is 66.9 Å². The summed E-state index contributed by atoms with van der Waals surface area (Å²) in [6.45, 7) is 0.426. The minimum Gasteiger partial charge on any atom is -0.350 e. The first-order chi connectivity index (χ1) is 13.5. The van der Waals surface area contributed by atoms with E-state index < -0.39 is 15.9 Å². The summed E-state index contributed by atoms with van der Waals surface area (Å²) in [6.07, 6.45) is 2.42. The molecule has 7 nitrogen and oxygen atoms in total. The second kappa shape index (κ2) is 9.18. The third kappa shape index (κ3) is 5.68. The Hall–Kier alpha value is -3.13. The monoisotopic (exact) mass is 398 g/mol. The maximum Gasteiger partial charge on any atom is 0.273 e. The predicted octanol–water partition coefficient (Wildman–Crippen LogP) is 2.37. The minimum atomic E-state index is -3.61. The van der Waals surface area contributed by atoms with Crippen molar-refractivity contribution in [2.24, 2.45) is 0 Å². The van der Waals surface area contributed by atoms with Crippen LogP contribution in [0.5, 0.6) is 0 Å². The number of rotatable bonds is 9. The van der Waals surface area contributed by atoms with Crippen LogP contribution in [-0.4, -0.2) is 36.8 Å². The lowest BCUT2D eigenvalue weighted by Gasteiger charge is -2.09. The standard InChI is InChI=1S/C20H22N4O3S/c25-20(21-13-11-16-7-3-1-4-8-16)19-18(15-22-23-19)24-28(26,27)14-12-17-9-5-2-6-10-17/h1-10,15,24H,11-14H2,(H,21,25)(H,22,23). The van der Waals surface area contributed by atoms with Gasteiger partial charge < -0.3 is 5.32 Å². The Morgan fingerprint density at radius 1 is 0.929 bits per heavy atom.